The summed E-state index contributed by atoms with van der Waals surface area (Å²) in [4.78, 5) is 17.7. The fourth-order valence-electron chi connectivity index (χ4n) is 3.40. The first-order chi connectivity index (χ1) is 13.7. The first-order valence-corrected chi connectivity index (χ1v) is 8.89. The molecule has 0 amide bonds. The lowest BCUT2D eigenvalue weighted by Gasteiger charge is -2.11. The molecule has 5 nitrogen and oxygen atoms in total. The van der Waals surface area contributed by atoms with E-state index in [1.54, 1.807) is 16.7 Å². The number of halogens is 1. The van der Waals surface area contributed by atoms with Gasteiger partial charge in [0.15, 0.2) is 11.5 Å². The molecule has 0 saturated heterocycles. The summed E-state index contributed by atoms with van der Waals surface area (Å²) in [5.74, 6) is -0.0538. The molecule has 2 aromatic heterocycles. The van der Waals surface area contributed by atoms with Crippen molar-refractivity contribution < 1.29 is 4.39 Å². The van der Waals surface area contributed by atoms with Gasteiger partial charge in [-0.15, -0.1) is 5.10 Å². The molecule has 2 heterocycles. The zero-order chi connectivity index (χ0) is 19.1. The van der Waals surface area contributed by atoms with Crippen molar-refractivity contribution in [2.24, 2.45) is 0 Å². The van der Waals surface area contributed by atoms with Gasteiger partial charge in [-0.2, -0.15) is 4.52 Å². The molecule has 0 spiro atoms. The van der Waals surface area contributed by atoms with Crippen LogP contribution >= 0.6 is 0 Å². The Hall–Kier alpha value is -3.80. The normalized spacial score (nSPS) is 11.3. The Bertz CT molecular complexity index is 1370. The number of aromatic nitrogens is 4. The SMILES string of the molecule is O=c1n(Cc2ccccc2)c2ccccc2c2nc(-c3cccc(F)c3)nn12. The molecule has 0 N–H and O–H groups in total. The van der Waals surface area contributed by atoms with E-state index >= 15 is 0 Å². The summed E-state index contributed by atoms with van der Waals surface area (Å²) in [6, 6.07) is 23.4. The van der Waals surface area contributed by atoms with Gasteiger partial charge in [0.25, 0.3) is 0 Å². The van der Waals surface area contributed by atoms with Crippen LogP contribution in [0.5, 0.6) is 0 Å². The lowest BCUT2D eigenvalue weighted by molar-refractivity contribution is 0.628. The van der Waals surface area contributed by atoms with E-state index in [2.05, 4.69) is 10.1 Å². The second-order valence-corrected chi connectivity index (χ2v) is 6.55. The molecule has 3 aromatic carbocycles. The maximum atomic E-state index is 13.6. The molecule has 0 aliphatic carbocycles. The van der Waals surface area contributed by atoms with Crippen molar-refractivity contribution in [3.8, 4) is 11.4 Å². The second-order valence-electron chi connectivity index (χ2n) is 6.55. The summed E-state index contributed by atoms with van der Waals surface area (Å²) >= 11 is 0. The van der Waals surface area contributed by atoms with Crippen LogP contribution in [-0.2, 0) is 6.54 Å². The predicted molar refractivity (Wildman–Crippen MR) is 106 cm³/mol. The van der Waals surface area contributed by atoms with E-state index in [1.165, 1.54) is 16.6 Å². The third kappa shape index (κ3) is 2.66. The third-order valence-corrected chi connectivity index (χ3v) is 4.72. The number of para-hydroxylation sites is 1. The van der Waals surface area contributed by atoms with Crippen LogP contribution in [0.2, 0.25) is 0 Å². The smallest absolute Gasteiger partial charge is 0.287 e. The van der Waals surface area contributed by atoms with Crippen LogP contribution in [0.4, 0.5) is 4.39 Å². The largest absolute Gasteiger partial charge is 0.351 e. The van der Waals surface area contributed by atoms with Gasteiger partial charge >= 0.3 is 5.69 Å². The molecule has 136 valence electrons. The molecular formula is C22H15FN4O. The van der Waals surface area contributed by atoms with Gasteiger partial charge in [-0.25, -0.2) is 14.2 Å². The molecule has 5 rings (SSSR count). The Morgan fingerprint density at radius 1 is 0.893 bits per heavy atom. The number of fused-ring (bicyclic) bond motifs is 3. The monoisotopic (exact) mass is 370 g/mol. The van der Waals surface area contributed by atoms with Crippen LogP contribution in [0.1, 0.15) is 5.56 Å². The molecule has 0 radical (unpaired) electrons. The van der Waals surface area contributed by atoms with Crippen molar-refractivity contribution in [2.75, 3.05) is 0 Å². The molecular weight excluding hydrogens is 355 g/mol. The van der Waals surface area contributed by atoms with E-state index in [4.69, 9.17) is 0 Å². The molecule has 0 saturated carbocycles. The van der Waals surface area contributed by atoms with Gasteiger partial charge < -0.3 is 0 Å². The minimum absolute atomic E-state index is 0.285. The van der Waals surface area contributed by atoms with Crippen LogP contribution in [0, 0.1) is 5.82 Å². The van der Waals surface area contributed by atoms with Crippen LogP contribution in [0.3, 0.4) is 0 Å². The fourth-order valence-corrected chi connectivity index (χ4v) is 3.40. The van der Waals surface area contributed by atoms with Gasteiger partial charge in [-0.3, -0.25) is 4.57 Å². The number of rotatable bonds is 3. The van der Waals surface area contributed by atoms with Crippen molar-refractivity contribution in [2.45, 2.75) is 6.54 Å². The van der Waals surface area contributed by atoms with E-state index in [-0.39, 0.29) is 11.5 Å². The highest BCUT2D eigenvalue weighted by Crippen LogP contribution is 2.22. The minimum Gasteiger partial charge on any atom is -0.287 e. The topological polar surface area (TPSA) is 52.2 Å². The van der Waals surface area contributed by atoms with E-state index < -0.39 is 0 Å². The summed E-state index contributed by atoms with van der Waals surface area (Å²) in [5.41, 5.74) is 2.50. The van der Waals surface area contributed by atoms with E-state index in [1.807, 2.05) is 54.6 Å². The van der Waals surface area contributed by atoms with Crippen LogP contribution < -0.4 is 5.69 Å². The van der Waals surface area contributed by atoms with Crippen molar-refractivity contribution in [1.29, 1.82) is 0 Å². The maximum Gasteiger partial charge on any atom is 0.351 e. The zero-order valence-electron chi connectivity index (χ0n) is 14.8. The van der Waals surface area contributed by atoms with E-state index in [0.717, 1.165) is 16.5 Å². The average molecular weight is 370 g/mol. The maximum absolute atomic E-state index is 13.6. The van der Waals surface area contributed by atoms with Crippen molar-refractivity contribution in [3.63, 3.8) is 0 Å². The first-order valence-electron chi connectivity index (χ1n) is 8.89. The summed E-state index contributed by atoms with van der Waals surface area (Å²) in [6.07, 6.45) is 0. The zero-order valence-corrected chi connectivity index (χ0v) is 14.8. The minimum atomic E-state index is -0.372. The highest BCUT2D eigenvalue weighted by Gasteiger charge is 2.16. The molecule has 28 heavy (non-hydrogen) atoms. The number of benzene rings is 3. The molecule has 0 bridgehead atoms. The average Bonchev–Trinajstić information content (AvgIpc) is 3.18. The summed E-state index contributed by atoms with van der Waals surface area (Å²) < 4.78 is 16.6. The molecule has 0 unspecified atom stereocenters. The summed E-state index contributed by atoms with van der Waals surface area (Å²) in [7, 11) is 0. The van der Waals surface area contributed by atoms with Crippen LogP contribution in [0.25, 0.3) is 27.9 Å². The van der Waals surface area contributed by atoms with E-state index in [0.29, 0.717) is 23.6 Å². The molecule has 0 atom stereocenters. The number of hydrogen-bond donors (Lipinski definition) is 0. The van der Waals surface area contributed by atoms with E-state index in [9.17, 15) is 9.18 Å². The molecule has 0 fully saturated rings. The van der Waals surface area contributed by atoms with Crippen LogP contribution in [-0.4, -0.2) is 19.2 Å². The predicted octanol–water partition coefficient (Wildman–Crippen LogP) is 3.90. The number of nitrogens with zero attached hydrogens (tertiary/aromatic N) is 4. The Morgan fingerprint density at radius 3 is 2.50 bits per heavy atom. The van der Waals surface area contributed by atoms with Gasteiger partial charge in [-0.05, 0) is 29.8 Å². The molecule has 0 aliphatic heterocycles. The van der Waals surface area contributed by atoms with Crippen molar-refractivity contribution in [3.05, 3.63) is 101 Å². The van der Waals surface area contributed by atoms with Gasteiger partial charge in [0.1, 0.15) is 5.82 Å². The highest BCUT2D eigenvalue weighted by atomic mass is 19.1. The lowest BCUT2D eigenvalue weighted by Crippen LogP contribution is -2.28. The quantitative estimate of drug-likeness (QED) is 0.484. The first kappa shape index (κ1) is 16.4. The van der Waals surface area contributed by atoms with Gasteiger partial charge in [-0.1, -0.05) is 54.6 Å². The Labute approximate surface area is 159 Å². The Morgan fingerprint density at radius 2 is 1.68 bits per heavy atom. The Balaban J connectivity index is 1.79. The Kier molecular flexibility index (Phi) is 3.76. The third-order valence-electron chi connectivity index (χ3n) is 4.72. The summed E-state index contributed by atoms with van der Waals surface area (Å²) in [5, 5.41) is 5.19. The van der Waals surface area contributed by atoms with Gasteiger partial charge in [0, 0.05) is 10.9 Å². The number of hydrogen-bond acceptors (Lipinski definition) is 3. The molecule has 5 aromatic rings. The van der Waals surface area contributed by atoms with Gasteiger partial charge in [0.2, 0.25) is 0 Å². The van der Waals surface area contributed by atoms with Crippen LogP contribution in [0.15, 0.2) is 83.7 Å². The lowest BCUT2D eigenvalue weighted by atomic mass is 10.2. The molecule has 0 aliphatic rings. The highest BCUT2D eigenvalue weighted by molar-refractivity contribution is 5.91. The van der Waals surface area contributed by atoms with Crippen molar-refractivity contribution >= 4 is 16.6 Å². The second kappa shape index (κ2) is 6.42. The van der Waals surface area contributed by atoms with Gasteiger partial charge in [0.05, 0.1) is 12.1 Å². The fraction of sp³-hybridized carbons (Fsp3) is 0.0455. The molecule has 6 heteroatoms. The van der Waals surface area contributed by atoms with Crippen molar-refractivity contribution in [1.82, 2.24) is 19.2 Å². The standard InChI is InChI=1S/C22H15FN4O/c23-17-10-6-9-16(13-17)20-24-21-18-11-4-5-12-19(18)26(22(28)27(21)25-20)14-15-7-2-1-3-8-15/h1-13H,14H2. The summed E-state index contributed by atoms with van der Waals surface area (Å²) in [6.45, 7) is 0.422.